The Balaban J connectivity index is 2.14. The number of hydrogen-bond donors (Lipinski definition) is 2. The highest BCUT2D eigenvalue weighted by Crippen LogP contribution is 2.33. The molecule has 0 bridgehead atoms. The van der Waals surface area contributed by atoms with Gasteiger partial charge in [-0.05, 0) is 12.8 Å². The van der Waals surface area contributed by atoms with Gasteiger partial charge in [-0.25, -0.2) is 4.98 Å². The first-order valence-corrected chi connectivity index (χ1v) is 5.69. The second-order valence-electron chi connectivity index (χ2n) is 4.20. The van der Waals surface area contributed by atoms with Crippen LogP contribution in [0.4, 0.5) is 5.82 Å². The smallest absolute Gasteiger partial charge is 0.293 e. The predicted molar refractivity (Wildman–Crippen MR) is 63.1 cm³/mol. The van der Waals surface area contributed by atoms with E-state index in [1.54, 1.807) is 24.1 Å². The van der Waals surface area contributed by atoms with Crippen molar-refractivity contribution in [1.29, 1.82) is 0 Å². The first-order chi connectivity index (χ1) is 8.26. The molecule has 1 saturated carbocycles. The Bertz CT molecular complexity index is 428. The van der Waals surface area contributed by atoms with Crippen LogP contribution in [-0.2, 0) is 4.74 Å². The van der Waals surface area contributed by atoms with Crippen LogP contribution >= 0.6 is 0 Å². The van der Waals surface area contributed by atoms with Gasteiger partial charge >= 0.3 is 0 Å². The molecular weight excluding hydrogens is 222 g/mol. The molecule has 6 nitrogen and oxygen atoms in total. The minimum atomic E-state index is -0.310. The monoisotopic (exact) mass is 239 g/mol. The zero-order chi connectivity index (χ0) is 12.3. The number of aromatic nitrogens is 2. The number of aliphatic hydroxyl groups is 1. The number of methoxy groups -OCH3 is 1. The van der Waals surface area contributed by atoms with E-state index in [-0.39, 0.29) is 24.0 Å². The number of nitrogens with zero attached hydrogens (tertiary/aromatic N) is 2. The third-order valence-corrected chi connectivity index (χ3v) is 2.74. The van der Waals surface area contributed by atoms with Gasteiger partial charge in [0.2, 0.25) is 0 Å². The number of ether oxygens (including phenoxy) is 1. The average molecular weight is 239 g/mol. The van der Waals surface area contributed by atoms with Gasteiger partial charge in [0.15, 0.2) is 5.82 Å². The maximum Gasteiger partial charge on any atom is 0.293 e. The first-order valence-electron chi connectivity index (χ1n) is 5.69. The summed E-state index contributed by atoms with van der Waals surface area (Å²) in [5, 5.41) is 12.0. The fourth-order valence-corrected chi connectivity index (χ4v) is 1.70. The minimum absolute atomic E-state index is 0.104. The summed E-state index contributed by atoms with van der Waals surface area (Å²) in [5.74, 6) is 0.274. The molecule has 1 unspecified atom stereocenters. The van der Waals surface area contributed by atoms with Crippen LogP contribution in [0.25, 0.3) is 0 Å². The summed E-state index contributed by atoms with van der Waals surface area (Å²) in [4.78, 5) is 16.0. The predicted octanol–water partition coefficient (Wildman–Crippen LogP) is -0.00260. The van der Waals surface area contributed by atoms with Crippen molar-refractivity contribution in [3.05, 3.63) is 22.7 Å². The summed E-state index contributed by atoms with van der Waals surface area (Å²) in [6.07, 6.45) is 5.40. The van der Waals surface area contributed by atoms with E-state index in [4.69, 9.17) is 9.84 Å². The van der Waals surface area contributed by atoms with E-state index in [1.165, 1.54) is 0 Å². The lowest BCUT2D eigenvalue weighted by Gasteiger charge is -2.15. The molecule has 1 atom stereocenters. The molecule has 1 aliphatic carbocycles. The quantitative estimate of drug-likeness (QED) is 0.730. The maximum atomic E-state index is 12.0. The first kappa shape index (κ1) is 12.1. The topological polar surface area (TPSA) is 76.4 Å². The van der Waals surface area contributed by atoms with Crippen LogP contribution in [0, 0.1) is 0 Å². The van der Waals surface area contributed by atoms with Crippen LogP contribution in [0.2, 0.25) is 0 Å². The minimum Gasteiger partial charge on any atom is -0.394 e. The van der Waals surface area contributed by atoms with Gasteiger partial charge in [-0.1, -0.05) is 0 Å². The van der Waals surface area contributed by atoms with Gasteiger partial charge in [0, 0.05) is 25.5 Å². The summed E-state index contributed by atoms with van der Waals surface area (Å²) < 4.78 is 6.63. The molecule has 2 rings (SSSR count). The number of aliphatic hydroxyl groups excluding tert-OH is 1. The van der Waals surface area contributed by atoms with Crippen molar-refractivity contribution in [2.75, 3.05) is 25.6 Å². The van der Waals surface area contributed by atoms with Crippen molar-refractivity contribution in [2.45, 2.75) is 24.9 Å². The van der Waals surface area contributed by atoms with Gasteiger partial charge in [0.05, 0.1) is 19.3 Å². The molecule has 1 aromatic heterocycles. The summed E-state index contributed by atoms with van der Waals surface area (Å²) in [6.45, 7) is 0.225. The molecule has 6 heteroatoms. The molecule has 1 fully saturated rings. The van der Waals surface area contributed by atoms with Crippen molar-refractivity contribution in [3.63, 3.8) is 0 Å². The second kappa shape index (κ2) is 5.29. The van der Waals surface area contributed by atoms with E-state index in [9.17, 15) is 4.79 Å². The lowest BCUT2D eigenvalue weighted by molar-refractivity contribution is 0.153. The number of anilines is 1. The van der Waals surface area contributed by atoms with Crippen LogP contribution in [0.1, 0.15) is 18.9 Å². The van der Waals surface area contributed by atoms with E-state index in [1.807, 2.05) is 0 Å². The third-order valence-electron chi connectivity index (χ3n) is 2.74. The molecule has 1 aliphatic rings. The van der Waals surface area contributed by atoms with Crippen LogP contribution in [0.3, 0.4) is 0 Å². The van der Waals surface area contributed by atoms with Gasteiger partial charge in [-0.2, -0.15) is 0 Å². The number of nitrogens with one attached hydrogen (secondary N) is 1. The van der Waals surface area contributed by atoms with Gasteiger partial charge < -0.3 is 19.7 Å². The standard InChI is InChI=1S/C11H17N3O3/c1-17-7-8(6-15)13-10-11(16)14(5-4-12-10)9-2-3-9/h4-5,8-9,15H,2-3,6-7H2,1H3,(H,12,13). The Labute approximate surface area is 99.2 Å². The highest BCUT2D eigenvalue weighted by atomic mass is 16.5. The van der Waals surface area contributed by atoms with Crippen molar-refractivity contribution in [2.24, 2.45) is 0 Å². The summed E-state index contributed by atoms with van der Waals surface area (Å²) in [7, 11) is 1.55. The molecule has 0 radical (unpaired) electrons. The van der Waals surface area contributed by atoms with E-state index in [0.29, 0.717) is 12.6 Å². The average Bonchev–Trinajstić information content (AvgIpc) is 3.15. The Hall–Kier alpha value is -1.40. The molecular formula is C11H17N3O3. The number of rotatable bonds is 6. The van der Waals surface area contributed by atoms with Crippen LogP contribution in [0.15, 0.2) is 17.2 Å². The van der Waals surface area contributed by atoms with Crippen molar-refractivity contribution < 1.29 is 9.84 Å². The highest BCUT2D eigenvalue weighted by Gasteiger charge is 2.25. The van der Waals surface area contributed by atoms with Gasteiger partial charge in [-0.15, -0.1) is 0 Å². The number of hydrogen-bond acceptors (Lipinski definition) is 5. The lowest BCUT2D eigenvalue weighted by Crippen LogP contribution is -2.33. The molecule has 0 aliphatic heterocycles. The molecule has 0 spiro atoms. The Morgan fingerprint density at radius 1 is 1.71 bits per heavy atom. The molecule has 0 aromatic carbocycles. The Kier molecular flexibility index (Phi) is 3.75. The SMILES string of the molecule is COCC(CO)Nc1nccn(C2CC2)c1=O. The van der Waals surface area contributed by atoms with Gasteiger partial charge in [0.1, 0.15) is 0 Å². The zero-order valence-electron chi connectivity index (χ0n) is 9.80. The second-order valence-corrected chi connectivity index (χ2v) is 4.20. The molecule has 17 heavy (non-hydrogen) atoms. The highest BCUT2D eigenvalue weighted by molar-refractivity contribution is 5.32. The molecule has 1 heterocycles. The zero-order valence-corrected chi connectivity index (χ0v) is 9.80. The summed E-state index contributed by atoms with van der Waals surface area (Å²) >= 11 is 0. The van der Waals surface area contributed by atoms with Gasteiger partial charge in [-0.3, -0.25) is 4.79 Å². The van der Waals surface area contributed by atoms with Crippen LogP contribution < -0.4 is 10.9 Å². The lowest BCUT2D eigenvalue weighted by atomic mass is 10.3. The van der Waals surface area contributed by atoms with E-state index < -0.39 is 0 Å². The fourth-order valence-electron chi connectivity index (χ4n) is 1.70. The molecule has 94 valence electrons. The van der Waals surface area contributed by atoms with Crippen molar-refractivity contribution in [1.82, 2.24) is 9.55 Å². The maximum absolute atomic E-state index is 12.0. The molecule has 0 saturated heterocycles. The van der Waals surface area contributed by atoms with Gasteiger partial charge in [0.25, 0.3) is 5.56 Å². The molecule has 0 amide bonds. The third kappa shape index (κ3) is 2.83. The largest absolute Gasteiger partial charge is 0.394 e. The van der Waals surface area contributed by atoms with Crippen molar-refractivity contribution in [3.8, 4) is 0 Å². The summed E-state index contributed by atoms with van der Waals surface area (Å²) in [5.41, 5.74) is -0.135. The van der Waals surface area contributed by atoms with Crippen LogP contribution in [-0.4, -0.2) is 41.0 Å². The van der Waals surface area contributed by atoms with Crippen molar-refractivity contribution >= 4 is 5.82 Å². The van der Waals surface area contributed by atoms with E-state index in [2.05, 4.69) is 10.3 Å². The Morgan fingerprint density at radius 2 is 2.47 bits per heavy atom. The summed E-state index contributed by atoms with van der Waals surface area (Å²) in [6, 6.07) is 0.0105. The molecule has 1 aromatic rings. The fraction of sp³-hybridized carbons (Fsp3) is 0.636. The van der Waals surface area contributed by atoms with E-state index >= 15 is 0 Å². The normalized spacial score (nSPS) is 16.8. The Morgan fingerprint density at radius 3 is 3.06 bits per heavy atom. The molecule has 2 N–H and O–H groups in total. The van der Waals surface area contributed by atoms with E-state index in [0.717, 1.165) is 12.8 Å². The van der Waals surface area contributed by atoms with Crippen LogP contribution in [0.5, 0.6) is 0 Å².